The molecular formula is C28H33ClN8. The Balaban J connectivity index is 1.13. The number of benzene rings is 1. The molecule has 0 atom stereocenters. The van der Waals surface area contributed by atoms with Crippen LogP contribution in [0, 0.1) is 0 Å². The number of aromatic amines is 1. The molecule has 8 nitrogen and oxygen atoms in total. The second-order valence-electron chi connectivity index (χ2n) is 10.2. The van der Waals surface area contributed by atoms with Crippen molar-refractivity contribution in [2.75, 3.05) is 56.5 Å². The Hall–Kier alpha value is -3.20. The molecule has 0 radical (unpaired) electrons. The number of nitrogens with one attached hydrogen (secondary N) is 2. The van der Waals surface area contributed by atoms with Crippen LogP contribution in [0.1, 0.15) is 18.4 Å². The molecule has 2 saturated heterocycles. The van der Waals surface area contributed by atoms with E-state index in [0.29, 0.717) is 16.7 Å². The monoisotopic (exact) mass is 516 g/mol. The van der Waals surface area contributed by atoms with Gasteiger partial charge in [0.25, 0.3) is 0 Å². The number of pyridine rings is 2. The fraction of sp³-hybridized carbons (Fsp3) is 0.393. The first kappa shape index (κ1) is 24.2. The van der Waals surface area contributed by atoms with Crippen molar-refractivity contribution in [3.8, 4) is 11.4 Å². The van der Waals surface area contributed by atoms with Crippen LogP contribution in [0.4, 0.5) is 11.4 Å². The van der Waals surface area contributed by atoms with Crippen LogP contribution in [0.2, 0.25) is 5.02 Å². The Morgan fingerprint density at radius 1 is 1.00 bits per heavy atom. The number of imidazole rings is 1. The molecule has 0 spiro atoms. The molecule has 2 fully saturated rings. The van der Waals surface area contributed by atoms with E-state index in [2.05, 4.69) is 72.3 Å². The molecule has 0 saturated carbocycles. The summed E-state index contributed by atoms with van der Waals surface area (Å²) in [6.45, 7) is 7.24. The fourth-order valence-corrected chi connectivity index (χ4v) is 5.51. The number of piperidine rings is 1. The van der Waals surface area contributed by atoms with Gasteiger partial charge in [-0.2, -0.15) is 0 Å². The average Bonchev–Trinajstić information content (AvgIpc) is 3.37. The van der Waals surface area contributed by atoms with Crippen molar-refractivity contribution in [3.05, 3.63) is 65.6 Å². The zero-order valence-corrected chi connectivity index (χ0v) is 22.0. The van der Waals surface area contributed by atoms with E-state index < -0.39 is 0 Å². The van der Waals surface area contributed by atoms with Gasteiger partial charge in [0.2, 0.25) is 0 Å². The van der Waals surface area contributed by atoms with Crippen molar-refractivity contribution >= 4 is 34.1 Å². The van der Waals surface area contributed by atoms with Gasteiger partial charge in [-0.1, -0.05) is 17.7 Å². The summed E-state index contributed by atoms with van der Waals surface area (Å²) < 4.78 is 0. The summed E-state index contributed by atoms with van der Waals surface area (Å²) >= 11 is 6.57. The van der Waals surface area contributed by atoms with E-state index >= 15 is 0 Å². The smallest absolute Gasteiger partial charge is 0.180 e. The number of hydrogen-bond acceptors (Lipinski definition) is 7. The normalized spacial score (nSPS) is 17.9. The number of fused-ring (bicyclic) bond motifs is 1. The highest BCUT2D eigenvalue weighted by Crippen LogP contribution is 2.32. The Labute approximate surface area is 222 Å². The van der Waals surface area contributed by atoms with Gasteiger partial charge in [0.1, 0.15) is 11.3 Å². The maximum atomic E-state index is 6.57. The van der Waals surface area contributed by atoms with Gasteiger partial charge in [0.15, 0.2) is 5.65 Å². The second kappa shape index (κ2) is 10.7. The van der Waals surface area contributed by atoms with E-state index in [9.17, 15) is 0 Å². The van der Waals surface area contributed by atoms with Crippen LogP contribution < -0.4 is 10.2 Å². The molecule has 9 heteroatoms. The lowest BCUT2D eigenvalue weighted by atomic mass is 10.1. The minimum Gasteiger partial charge on any atom is -0.379 e. The van der Waals surface area contributed by atoms with Crippen LogP contribution >= 0.6 is 11.6 Å². The molecule has 0 unspecified atom stereocenters. The number of halogens is 1. The van der Waals surface area contributed by atoms with Gasteiger partial charge in [0.05, 0.1) is 16.9 Å². The van der Waals surface area contributed by atoms with E-state index in [1.54, 1.807) is 6.20 Å². The van der Waals surface area contributed by atoms with Crippen molar-refractivity contribution in [1.29, 1.82) is 0 Å². The number of nitrogens with zero attached hydrogens (tertiary/aromatic N) is 6. The number of likely N-dealkylation sites (tertiary alicyclic amines) is 1. The van der Waals surface area contributed by atoms with Crippen molar-refractivity contribution in [2.45, 2.75) is 25.4 Å². The third-order valence-electron chi connectivity index (χ3n) is 7.55. The van der Waals surface area contributed by atoms with E-state index in [-0.39, 0.29) is 0 Å². The molecule has 0 aliphatic carbocycles. The molecule has 2 aliphatic heterocycles. The van der Waals surface area contributed by atoms with E-state index in [1.165, 1.54) is 11.3 Å². The first-order valence-corrected chi connectivity index (χ1v) is 13.5. The number of aromatic nitrogens is 4. The molecule has 5 heterocycles. The molecule has 6 rings (SSSR count). The van der Waals surface area contributed by atoms with Crippen molar-refractivity contribution < 1.29 is 0 Å². The van der Waals surface area contributed by atoms with Crippen molar-refractivity contribution in [3.63, 3.8) is 0 Å². The summed E-state index contributed by atoms with van der Waals surface area (Å²) in [6, 6.07) is 13.2. The topological polar surface area (TPSA) is 76.2 Å². The predicted octanol–water partition coefficient (Wildman–Crippen LogP) is 4.50. The van der Waals surface area contributed by atoms with Crippen molar-refractivity contribution in [2.24, 2.45) is 0 Å². The molecule has 1 aromatic carbocycles. The zero-order valence-electron chi connectivity index (χ0n) is 21.2. The molecule has 2 N–H and O–H groups in total. The van der Waals surface area contributed by atoms with Crippen molar-refractivity contribution in [1.82, 2.24) is 29.7 Å². The summed E-state index contributed by atoms with van der Waals surface area (Å²) in [6.07, 6.45) is 7.67. The SMILES string of the molecule is CN1CCC(Nc2c(Cl)cnc3nc(-c4ccc(N5CCN(Cc6cccnc6)CC5)cc4)[nH]c23)CC1. The molecule has 4 aromatic rings. The molecule has 37 heavy (non-hydrogen) atoms. The van der Waals surface area contributed by atoms with Gasteiger partial charge >= 0.3 is 0 Å². The molecule has 3 aromatic heterocycles. The summed E-state index contributed by atoms with van der Waals surface area (Å²) in [7, 11) is 2.17. The van der Waals surface area contributed by atoms with Crippen LogP contribution in [0.25, 0.3) is 22.6 Å². The minimum absolute atomic E-state index is 0.398. The molecular weight excluding hydrogens is 484 g/mol. The largest absolute Gasteiger partial charge is 0.379 e. The van der Waals surface area contributed by atoms with Gasteiger partial charge in [-0.05, 0) is 68.9 Å². The minimum atomic E-state index is 0.398. The highest BCUT2D eigenvalue weighted by molar-refractivity contribution is 6.34. The first-order chi connectivity index (χ1) is 18.1. The third kappa shape index (κ3) is 5.42. The van der Waals surface area contributed by atoms with Crippen LogP contribution in [-0.2, 0) is 6.54 Å². The maximum Gasteiger partial charge on any atom is 0.180 e. The number of H-pyrrole nitrogens is 1. The van der Waals surface area contributed by atoms with Crippen LogP contribution in [0.3, 0.4) is 0 Å². The van der Waals surface area contributed by atoms with Crippen LogP contribution in [0.15, 0.2) is 55.0 Å². The van der Waals surface area contributed by atoms with Gasteiger partial charge in [-0.25, -0.2) is 9.97 Å². The number of anilines is 2. The Bertz CT molecular complexity index is 1320. The average molecular weight is 517 g/mol. The molecule has 2 aliphatic rings. The predicted molar refractivity (Wildman–Crippen MR) is 150 cm³/mol. The molecule has 0 bridgehead atoms. The second-order valence-corrected chi connectivity index (χ2v) is 10.6. The van der Waals surface area contributed by atoms with Gasteiger partial charge < -0.3 is 20.1 Å². The quantitative estimate of drug-likeness (QED) is 0.390. The number of rotatable bonds is 6. The summed E-state index contributed by atoms with van der Waals surface area (Å²) in [5.74, 6) is 0.809. The number of hydrogen-bond donors (Lipinski definition) is 2. The lowest BCUT2D eigenvalue weighted by Gasteiger charge is -2.36. The number of piperazine rings is 1. The van der Waals surface area contributed by atoms with Gasteiger partial charge in [-0.15, -0.1) is 0 Å². The van der Waals surface area contributed by atoms with Crippen LogP contribution in [-0.4, -0.2) is 82.1 Å². The van der Waals surface area contributed by atoms with Gasteiger partial charge in [-0.3, -0.25) is 9.88 Å². The highest BCUT2D eigenvalue weighted by Gasteiger charge is 2.21. The fourth-order valence-electron chi connectivity index (χ4n) is 5.31. The Morgan fingerprint density at radius 3 is 2.51 bits per heavy atom. The zero-order chi connectivity index (χ0) is 25.2. The molecule has 0 amide bonds. The Kier molecular flexibility index (Phi) is 6.95. The standard InChI is InChI=1S/C28H33ClN8/c1-35-11-8-22(9-12-35)32-25-24(29)18-31-28-26(25)33-27(34-28)21-4-6-23(7-5-21)37-15-13-36(14-16-37)19-20-3-2-10-30-17-20/h2-7,10,17-18,22H,8-9,11-16,19H2,1H3,(H2,31,32,33,34). The van der Waals surface area contributed by atoms with Gasteiger partial charge in [0, 0.05) is 62.4 Å². The van der Waals surface area contributed by atoms with E-state index in [0.717, 1.165) is 81.2 Å². The molecule has 192 valence electrons. The van der Waals surface area contributed by atoms with E-state index in [4.69, 9.17) is 16.6 Å². The Morgan fingerprint density at radius 2 is 1.78 bits per heavy atom. The summed E-state index contributed by atoms with van der Waals surface area (Å²) in [5, 5.41) is 4.29. The lowest BCUT2D eigenvalue weighted by molar-refractivity contribution is 0.249. The highest BCUT2D eigenvalue weighted by atomic mass is 35.5. The summed E-state index contributed by atoms with van der Waals surface area (Å²) in [5.41, 5.74) is 6.01. The maximum absolute atomic E-state index is 6.57. The lowest BCUT2D eigenvalue weighted by Crippen LogP contribution is -2.45. The first-order valence-electron chi connectivity index (χ1n) is 13.1. The summed E-state index contributed by atoms with van der Waals surface area (Å²) in [4.78, 5) is 24.3. The third-order valence-corrected chi connectivity index (χ3v) is 7.83. The van der Waals surface area contributed by atoms with Crippen LogP contribution in [0.5, 0.6) is 0 Å². The van der Waals surface area contributed by atoms with E-state index in [1.807, 2.05) is 18.5 Å².